The normalized spacial score (nSPS) is 20.2. The Bertz CT molecular complexity index is 412. The summed E-state index contributed by atoms with van der Waals surface area (Å²) in [7, 11) is 0. The molecule has 1 fully saturated rings. The van der Waals surface area contributed by atoms with Crippen LogP contribution in [0.15, 0.2) is 12.3 Å². The number of aromatic nitrogens is 1. The number of nitrogens with zero attached hydrogens (tertiary/aromatic N) is 1. The van der Waals surface area contributed by atoms with Crippen LogP contribution in [0.4, 0.5) is 5.82 Å². The largest absolute Gasteiger partial charge is 0.383 e. The lowest BCUT2D eigenvalue weighted by atomic mass is 10.00. The summed E-state index contributed by atoms with van der Waals surface area (Å²) in [5, 5.41) is 0. The topological polar surface area (TPSA) is 65.2 Å². The number of hydrogen-bond donors (Lipinski definition) is 1. The van der Waals surface area contributed by atoms with E-state index in [0.717, 1.165) is 31.4 Å². The fraction of sp³-hybridized carbons (Fsp3) is 0.538. The van der Waals surface area contributed by atoms with Crippen molar-refractivity contribution in [2.45, 2.75) is 38.7 Å². The van der Waals surface area contributed by atoms with E-state index in [1.54, 1.807) is 12.3 Å². The molecule has 0 aliphatic carbocycles. The van der Waals surface area contributed by atoms with E-state index >= 15 is 0 Å². The van der Waals surface area contributed by atoms with Crippen molar-refractivity contribution >= 4 is 11.6 Å². The minimum Gasteiger partial charge on any atom is -0.383 e. The smallest absolute Gasteiger partial charge is 0.169 e. The number of aryl methyl sites for hydroxylation is 1. The predicted octanol–water partition coefficient (Wildman–Crippen LogP) is 2.11. The van der Waals surface area contributed by atoms with Gasteiger partial charge in [0.25, 0.3) is 0 Å². The Morgan fingerprint density at radius 1 is 1.59 bits per heavy atom. The molecule has 0 radical (unpaired) electrons. The van der Waals surface area contributed by atoms with Crippen LogP contribution in [0.3, 0.4) is 0 Å². The van der Waals surface area contributed by atoms with Gasteiger partial charge in [-0.3, -0.25) is 4.79 Å². The number of ketones is 1. The van der Waals surface area contributed by atoms with Crippen LogP contribution in [-0.4, -0.2) is 23.5 Å². The molecule has 1 saturated heterocycles. The van der Waals surface area contributed by atoms with Gasteiger partial charge in [-0.05, 0) is 37.8 Å². The van der Waals surface area contributed by atoms with Crippen molar-refractivity contribution in [2.75, 3.05) is 12.3 Å². The molecule has 0 spiro atoms. The zero-order chi connectivity index (χ0) is 12.3. The van der Waals surface area contributed by atoms with Crippen molar-refractivity contribution in [3.63, 3.8) is 0 Å². The Balaban J connectivity index is 2.05. The van der Waals surface area contributed by atoms with E-state index in [1.807, 2.05) is 6.92 Å². The summed E-state index contributed by atoms with van der Waals surface area (Å²) in [5.41, 5.74) is 7.20. The Morgan fingerprint density at radius 3 is 3.12 bits per heavy atom. The quantitative estimate of drug-likeness (QED) is 0.813. The lowest BCUT2D eigenvalue weighted by molar-refractivity contribution is 0.0129. The molecule has 2 rings (SSSR count). The molecular formula is C13H18N2O2. The van der Waals surface area contributed by atoms with Gasteiger partial charge in [0.1, 0.15) is 5.82 Å². The third-order valence-electron chi connectivity index (χ3n) is 3.04. The maximum atomic E-state index is 12.1. The van der Waals surface area contributed by atoms with Gasteiger partial charge in [-0.2, -0.15) is 0 Å². The second-order valence-corrected chi connectivity index (χ2v) is 4.56. The highest BCUT2D eigenvalue weighted by atomic mass is 16.5. The second-order valence-electron chi connectivity index (χ2n) is 4.56. The SMILES string of the molecule is Cc1cnc(N)c(C(=O)CC2CCCCO2)c1. The molecule has 1 atom stereocenters. The van der Waals surface area contributed by atoms with E-state index in [4.69, 9.17) is 10.5 Å². The van der Waals surface area contributed by atoms with Gasteiger partial charge in [0, 0.05) is 19.2 Å². The lowest BCUT2D eigenvalue weighted by Gasteiger charge is -2.21. The summed E-state index contributed by atoms with van der Waals surface area (Å²) in [6.45, 7) is 2.67. The number of hydrogen-bond acceptors (Lipinski definition) is 4. The van der Waals surface area contributed by atoms with Crippen LogP contribution in [-0.2, 0) is 4.74 Å². The Morgan fingerprint density at radius 2 is 2.41 bits per heavy atom. The molecule has 1 aliphatic rings. The van der Waals surface area contributed by atoms with Crippen molar-refractivity contribution in [1.29, 1.82) is 0 Å². The van der Waals surface area contributed by atoms with E-state index in [9.17, 15) is 4.79 Å². The molecular weight excluding hydrogens is 216 g/mol. The van der Waals surface area contributed by atoms with Gasteiger partial charge in [-0.1, -0.05) is 0 Å². The first kappa shape index (κ1) is 12.0. The van der Waals surface area contributed by atoms with Crippen molar-refractivity contribution < 1.29 is 9.53 Å². The van der Waals surface area contributed by atoms with Gasteiger partial charge < -0.3 is 10.5 Å². The molecule has 1 unspecified atom stereocenters. The Labute approximate surface area is 101 Å². The molecule has 17 heavy (non-hydrogen) atoms. The number of ether oxygens (including phenoxy) is 1. The fourth-order valence-corrected chi connectivity index (χ4v) is 2.09. The number of Topliss-reactive ketones (excluding diaryl/α,β-unsaturated/α-hetero) is 1. The minimum absolute atomic E-state index is 0.0330. The van der Waals surface area contributed by atoms with E-state index in [2.05, 4.69) is 4.98 Å². The van der Waals surface area contributed by atoms with Gasteiger partial charge in [0.2, 0.25) is 0 Å². The first-order valence-corrected chi connectivity index (χ1v) is 6.04. The number of nitrogen functional groups attached to an aromatic ring is 1. The summed E-state index contributed by atoms with van der Waals surface area (Å²) >= 11 is 0. The summed E-state index contributed by atoms with van der Waals surface area (Å²) in [5.74, 6) is 0.349. The van der Waals surface area contributed by atoms with E-state index in [-0.39, 0.29) is 11.9 Å². The molecule has 0 saturated carbocycles. The highest BCUT2D eigenvalue weighted by molar-refractivity contribution is 6.00. The van der Waals surface area contributed by atoms with Crippen molar-refractivity contribution in [1.82, 2.24) is 4.98 Å². The molecule has 2 N–H and O–H groups in total. The van der Waals surface area contributed by atoms with Gasteiger partial charge in [-0.15, -0.1) is 0 Å². The van der Waals surface area contributed by atoms with Gasteiger partial charge >= 0.3 is 0 Å². The molecule has 4 nitrogen and oxygen atoms in total. The monoisotopic (exact) mass is 234 g/mol. The van der Waals surface area contributed by atoms with E-state index in [1.165, 1.54) is 0 Å². The van der Waals surface area contributed by atoms with Gasteiger partial charge in [0.15, 0.2) is 5.78 Å². The molecule has 4 heteroatoms. The highest BCUT2D eigenvalue weighted by Gasteiger charge is 2.20. The number of carbonyl (C=O) groups excluding carboxylic acids is 1. The molecule has 1 aromatic rings. The van der Waals surface area contributed by atoms with Crippen molar-refractivity contribution in [3.05, 3.63) is 23.4 Å². The summed E-state index contributed by atoms with van der Waals surface area (Å²) in [6, 6.07) is 1.80. The van der Waals surface area contributed by atoms with Gasteiger partial charge in [-0.25, -0.2) is 4.98 Å². The third-order valence-corrected chi connectivity index (χ3v) is 3.04. The van der Waals surface area contributed by atoms with Crippen LogP contribution in [0.1, 0.15) is 41.6 Å². The average molecular weight is 234 g/mol. The Kier molecular flexibility index (Phi) is 3.74. The number of rotatable bonds is 3. The van der Waals surface area contributed by atoms with Crippen LogP contribution >= 0.6 is 0 Å². The first-order chi connectivity index (χ1) is 8.16. The van der Waals surface area contributed by atoms with E-state index < -0.39 is 0 Å². The summed E-state index contributed by atoms with van der Waals surface area (Å²) in [6.07, 6.45) is 5.33. The van der Waals surface area contributed by atoms with Crippen LogP contribution < -0.4 is 5.73 Å². The van der Waals surface area contributed by atoms with E-state index in [0.29, 0.717) is 17.8 Å². The summed E-state index contributed by atoms with van der Waals surface area (Å²) < 4.78 is 5.56. The number of pyridine rings is 1. The summed E-state index contributed by atoms with van der Waals surface area (Å²) in [4.78, 5) is 16.1. The fourth-order valence-electron chi connectivity index (χ4n) is 2.09. The van der Waals surface area contributed by atoms with Crippen LogP contribution in [0.2, 0.25) is 0 Å². The lowest BCUT2D eigenvalue weighted by Crippen LogP contribution is -2.23. The molecule has 0 aromatic carbocycles. The van der Waals surface area contributed by atoms with Crippen molar-refractivity contribution in [2.24, 2.45) is 0 Å². The molecule has 92 valence electrons. The van der Waals surface area contributed by atoms with Crippen LogP contribution in [0.5, 0.6) is 0 Å². The zero-order valence-corrected chi connectivity index (χ0v) is 10.1. The molecule has 1 aromatic heterocycles. The highest BCUT2D eigenvalue weighted by Crippen LogP contribution is 2.20. The zero-order valence-electron chi connectivity index (χ0n) is 10.1. The molecule has 1 aliphatic heterocycles. The number of carbonyl (C=O) groups is 1. The standard InChI is InChI=1S/C13H18N2O2/c1-9-6-11(13(14)15-8-9)12(16)7-10-4-2-3-5-17-10/h6,8,10H,2-5,7H2,1H3,(H2,14,15). The van der Waals surface area contributed by atoms with Crippen LogP contribution in [0, 0.1) is 6.92 Å². The van der Waals surface area contributed by atoms with Gasteiger partial charge in [0.05, 0.1) is 11.7 Å². The molecule has 0 bridgehead atoms. The number of anilines is 1. The maximum absolute atomic E-state index is 12.1. The minimum atomic E-state index is 0.0330. The maximum Gasteiger partial charge on any atom is 0.169 e. The number of nitrogens with two attached hydrogens (primary N) is 1. The third kappa shape index (κ3) is 3.03. The Hall–Kier alpha value is -1.42. The van der Waals surface area contributed by atoms with Crippen LogP contribution in [0.25, 0.3) is 0 Å². The van der Waals surface area contributed by atoms with Crippen molar-refractivity contribution in [3.8, 4) is 0 Å². The molecule has 2 heterocycles. The predicted molar refractivity (Wildman–Crippen MR) is 65.9 cm³/mol. The average Bonchev–Trinajstić information content (AvgIpc) is 2.33. The second kappa shape index (κ2) is 5.27. The first-order valence-electron chi connectivity index (χ1n) is 6.04. The molecule has 0 amide bonds.